The summed E-state index contributed by atoms with van der Waals surface area (Å²) in [5.41, 5.74) is 2.15. The van der Waals surface area contributed by atoms with Gasteiger partial charge in [-0.05, 0) is 55.5 Å². The van der Waals surface area contributed by atoms with Gasteiger partial charge in [-0.25, -0.2) is 4.98 Å². The van der Waals surface area contributed by atoms with Gasteiger partial charge in [0, 0.05) is 22.5 Å². The number of hydrogen-bond donors (Lipinski definition) is 1. The first kappa shape index (κ1) is 20.5. The van der Waals surface area contributed by atoms with E-state index in [0.29, 0.717) is 23.1 Å². The largest absolute Gasteiger partial charge is 0.326 e. The highest BCUT2D eigenvalue weighted by Crippen LogP contribution is 2.34. The molecule has 4 rings (SSSR count). The lowest BCUT2D eigenvalue weighted by atomic mass is 10.1. The molecule has 7 heteroatoms. The average Bonchev–Trinajstić information content (AvgIpc) is 3.32. The number of rotatable bonds is 8. The van der Waals surface area contributed by atoms with Crippen molar-refractivity contribution in [2.24, 2.45) is 0 Å². The molecule has 1 aliphatic carbocycles. The van der Waals surface area contributed by atoms with Crippen LogP contribution in [0.15, 0.2) is 35.4 Å². The van der Waals surface area contributed by atoms with E-state index >= 15 is 0 Å². The molecule has 1 N–H and O–H groups in total. The Labute approximate surface area is 179 Å². The van der Waals surface area contributed by atoms with Crippen LogP contribution in [0.5, 0.6) is 0 Å². The number of hydrogen-bond acceptors (Lipinski definition) is 5. The van der Waals surface area contributed by atoms with Crippen LogP contribution in [0.4, 0.5) is 5.69 Å². The zero-order chi connectivity index (χ0) is 21.1. The number of thiophene rings is 1. The number of nitrogens with zero attached hydrogens (tertiary/aromatic N) is 2. The van der Waals surface area contributed by atoms with E-state index in [1.54, 1.807) is 35.6 Å². The zero-order valence-electron chi connectivity index (χ0n) is 17.1. The summed E-state index contributed by atoms with van der Waals surface area (Å²) in [6.45, 7) is 2.05. The Morgan fingerprint density at radius 2 is 1.97 bits per heavy atom. The van der Waals surface area contributed by atoms with Gasteiger partial charge in [-0.15, -0.1) is 11.3 Å². The molecule has 2 heterocycles. The van der Waals surface area contributed by atoms with Crippen molar-refractivity contribution in [2.45, 2.75) is 58.4 Å². The van der Waals surface area contributed by atoms with Gasteiger partial charge in [0.2, 0.25) is 5.91 Å². The fourth-order valence-corrected chi connectivity index (χ4v) is 5.10. The molecule has 0 spiro atoms. The predicted octanol–water partition coefficient (Wildman–Crippen LogP) is 4.35. The second-order valence-corrected chi connectivity index (χ2v) is 8.80. The molecule has 3 aromatic rings. The number of unbranched alkanes of at least 4 members (excludes halogenated alkanes) is 2. The van der Waals surface area contributed by atoms with Crippen molar-refractivity contribution in [3.05, 3.63) is 57.0 Å². The Kier molecular flexibility index (Phi) is 6.08. The quantitative estimate of drug-likeness (QED) is 0.431. The van der Waals surface area contributed by atoms with E-state index in [4.69, 9.17) is 0 Å². The third-order valence-corrected chi connectivity index (χ3v) is 6.70. The molecular weight excluding hydrogens is 398 g/mol. The Bertz CT molecular complexity index is 1140. The smallest absolute Gasteiger partial charge is 0.262 e. The lowest BCUT2D eigenvalue weighted by Crippen LogP contribution is -2.24. The second kappa shape index (κ2) is 8.92. The third-order valence-electron chi connectivity index (χ3n) is 5.50. The molecular formula is C23H25N3O3S. The maximum absolute atomic E-state index is 12.9. The van der Waals surface area contributed by atoms with Crippen LogP contribution >= 0.6 is 11.3 Å². The fourth-order valence-electron chi connectivity index (χ4n) is 3.88. The van der Waals surface area contributed by atoms with Gasteiger partial charge in [-0.2, -0.15) is 0 Å². The summed E-state index contributed by atoms with van der Waals surface area (Å²) >= 11 is 1.59. The number of amides is 1. The molecule has 0 aliphatic heterocycles. The van der Waals surface area contributed by atoms with E-state index in [-0.39, 0.29) is 23.8 Å². The number of benzene rings is 1. The standard InChI is InChI=1S/C23H25N3O3S/c1-2-3-4-8-20(28)25-16-11-9-15(10-12-16)18(27)13-26-14-24-22-21(23(26)29)17-6-5-7-19(17)30-22/h9-12,14H,2-8,13H2,1H3,(H,25,28). The summed E-state index contributed by atoms with van der Waals surface area (Å²) in [7, 11) is 0. The maximum atomic E-state index is 12.9. The van der Waals surface area contributed by atoms with Crippen LogP contribution in [0, 0.1) is 0 Å². The molecule has 0 unspecified atom stereocenters. The maximum Gasteiger partial charge on any atom is 0.262 e. The molecule has 156 valence electrons. The Hall–Kier alpha value is -2.80. The topological polar surface area (TPSA) is 81.1 Å². The number of carbonyl (C=O) groups is 2. The van der Waals surface area contributed by atoms with Crippen molar-refractivity contribution < 1.29 is 9.59 Å². The molecule has 0 radical (unpaired) electrons. The molecule has 30 heavy (non-hydrogen) atoms. The van der Waals surface area contributed by atoms with Gasteiger partial charge in [-0.3, -0.25) is 19.0 Å². The summed E-state index contributed by atoms with van der Waals surface area (Å²) in [6, 6.07) is 6.81. The minimum atomic E-state index is -0.161. The summed E-state index contributed by atoms with van der Waals surface area (Å²) < 4.78 is 1.40. The van der Waals surface area contributed by atoms with Gasteiger partial charge in [0.15, 0.2) is 5.78 Å². The van der Waals surface area contributed by atoms with Crippen molar-refractivity contribution in [1.29, 1.82) is 0 Å². The number of Topliss-reactive ketones (excluding diaryl/α,β-unsaturated/α-hetero) is 1. The van der Waals surface area contributed by atoms with E-state index < -0.39 is 0 Å². The summed E-state index contributed by atoms with van der Waals surface area (Å²) in [4.78, 5) is 44.0. The SMILES string of the molecule is CCCCCC(=O)Nc1ccc(C(=O)Cn2cnc3sc4c(c3c2=O)CCC4)cc1. The summed E-state index contributed by atoms with van der Waals surface area (Å²) in [5.74, 6) is -0.178. The number of anilines is 1. The van der Waals surface area contributed by atoms with Crippen LogP contribution in [-0.2, 0) is 24.2 Å². The first-order valence-corrected chi connectivity index (χ1v) is 11.3. The van der Waals surface area contributed by atoms with E-state index in [1.165, 1.54) is 15.8 Å². The van der Waals surface area contributed by atoms with Gasteiger partial charge >= 0.3 is 0 Å². The van der Waals surface area contributed by atoms with Crippen LogP contribution in [0.2, 0.25) is 0 Å². The van der Waals surface area contributed by atoms with Crippen LogP contribution in [-0.4, -0.2) is 21.2 Å². The van der Waals surface area contributed by atoms with Crippen LogP contribution in [0.25, 0.3) is 10.2 Å². The highest BCUT2D eigenvalue weighted by molar-refractivity contribution is 7.18. The average molecular weight is 424 g/mol. The minimum absolute atomic E-state index is 0.0169. The van der Waals surface area contributed by atoms with Crippen LogP contribution in [0.3, 0.4) is 0 Å². The Morgan fingerprint density at radius 1 is 1.17 bits per heavy atom. The number of aryl methyl sites for hydroxylation is 2. The van der Waals surface area contributed by atoms with Crippen LogP contribution in [0.1, 0.15) is 59.8 Å². The number of fused-ring (bicyclic) bond motifs is 3. The van der Waals surface area contributed by atoms with Gasteiger partial charge in [0.1, 0.15) is 4.83 Å². The van der Waals surface area contributed by atoms with Crippen molar-refractivity contribution in [3.63, 3.8) is 0 Å². The molecule has 1 amide bonds. The van der Waals surface area contributed by atoms with Crippen molar-refractivity contribution in [3.8, 4) is 0 Å². The summed E-state index contributed by atoms with van der Waals surface area (Å²) in [5, 5.41) is 3.54. The van der Waals surface area contributed by atoms with Gasteiger partial charge in [0.25, 0.3) is 5.56 Å². The van der Waals surface area contributed by atoms with Crippen molar-refractivity contribution in [2.75, 3.05) is 5.32 Å². The van der Waals surface area contributed by atoms with Gasteiger partial charge in [0.05, 0.1) is 18.3 Å². The number of ketones is 1. The van der Waals surface area contributed by atoms with E-state index in [9.17, 15) is 14.4 Å². The molecule has 1 aliphatic rings. The van der Waals surface area contributed by atoms with Gasteiger partial charge < -0.3 is 5.32 Å². The molecule has 6 nitrogen and oxygen atoms in total. The van der Waals surface area contributed by atoms with E-state index in [2.05, 4.69) is 17.2 Å². The second-order valence-electron chi connectivity index (χ2n) is 7.72. The first-order chi connectivity index (χ1) is 14.6. The fraction of sp³-hybridized carbons (Fsp3) is 0.391. The van der Waals surface area contributed by atoms with Gasteiger partial charge in [-0.1, -0.05) is 19.8 Å². The Morgan fingerprint density at radius 3 is 2.73 bits per heavy atom. The molecule has 0 saturated heterocycles. The van der Waals surface area contributed by atoms with Crippen LogP contribution < -0.4 is 10.9 Å². The van der Waals surface area contributed by atoms with E-state index in [1.807, 2.05) is 0 Å². The zero-order valence-corrected chi connectivity index (χ0v) is 17.9. The third kappa shape index (κ3) is 4.21. The molecule has 0 atom stereocenters. The lowest BCUT2D eigenvalue weighted by molar-refractivity contribution is -0.116. The number of aromatic nitrogens is 2. The molecule has 0 saturated carbocycles. The Balaban J connectivity index is 1.45. The number of nitrogens with one attached hydrogen (secondary N) is 1. The van der Waals surface area contributed by atoms with Crippen molar-refractivity contribution in [1.82, 2.24) is 9.55 Å². The molecule has 2 aromatic heterocycles. The van der Waals surface area contributed by atoms with E-state index in [0.717, 1.165) is 48.9 Å². The predicted molar refractivity (Wildman–Crippen MR) is 119 cm³/mol. The minimum Gasteiger partial charge on any atom is -0.326 e. The lowest BCUT2D eigenvalue weighted by Gasteiger charge is -2.08. The number of carbonyl (C=O) groups excluding carboxylic acids is 2. The normalized spacial score (nSPS) is 12.8. The first-order valence-electron chi connectivity index (χ1n) is 10.5. The summed E-state index contributed by atoms with van der Waals surface area (Å²) in [6.07, 6.45) is 7.95. The highest BCUT2D eigenvalue weighted by Gasteiger charge is 2.21. The highest BCUT2D eigenvalue weighted by atomic mass is 32.1. The monoisotopic (exact) mass is 423 g/mol. The molecule has 0 bridgehead atoms. The molecule has 0 fully saturated rings. The van der Waals surface area contributed by atoms with Crippen molar-refractivity contribution >= 4 is 38.9 Å². The molecule has 1 aromatic carbocycles.